The van der Waals surface area contributed by atoms with Gasteiger partial charge in [0, 0.05) is 5.75 Å². The quantitative estimate of drug-likeness (QED) is 0.591. The SMILES string of the molecule is O=C(O)CN1C(=O)N(C(CS)Cc2ccccc2)C(=O)C12CCCCC2. The van der Waals surface area contributed by atoms with Gasteiger partial charge in [0.25, 0.3) is 5.91 Å². The highest BCUT2D eigenvalue weighted by atomic mass is 32.1. The van der Waals surface area contributed by atoms with Crippen LogP contribution in [0.2, 0.25) is 0 Å². The summed E-state index contributed by atoms with van der Waals surface area (Å²) >= 11 is 4.37. The minimum absolute atomic E-state index is 0.251. The molecule has 1 heterocycles. The van der Waals surface area contributed by atoms with Crippen LogP contribution < -0.4 is 0 Å². The predicted molar refractivity (Wildman–Crippen MR) is 100 cm³/mol. The molecule has 3 amide bonds. The van der Waals surface area contributed by atoms with Crippen molar-refractivity contribution in [3.8, 4) is 0 Å². The van der Waals surface area contributed by atoms with Crippen molar-refractivity contribution < 1.29 is 19.5 Å². The Morgan fingerprint density at radius 3 is 2.38 bits per heavy atom. The normalized spacial score (nSPS) is 20.7. The Morgan fingerprint density at radius 2 is 1.81 bits per heavy atom. The molecule has 1 aromatic carbocycles. The number of hydrogen-bond acceptors (Lipinski definition) is 4. The third-order valence-electron chi connectivity index (χ3n) is 5.43. The number of carboxylic acid groups (broad SMARTS) is 1. The molecule has 3 rings (SSSR count). The van der Waals surface area contributed by atoms with Crippen molar-refractivity contribution in [2.45, 2.75) is 50.1 Å². The summed E-state index contributed by atoms with van der Waals surface area (Å²) in [7, 11) is 0. The summed E-state index contributed by atoms with van der Waals surface area (Å²) in [4.78, 5) is 40.3. The molecule has 1 saturated carbocycles. The third kappa shape index (κ3) is 3.32. The van der Waals surface area contributed by atoms with Crippen molar-refractivity contribution in [1.82, 2.24) is 9.80 Å². The van der Waals surface area contributed by atoms with E-state index in [9.17, 15) is 19.5 Å². The lowest BCUT2D eigenvalue weighted by Gasteiger charge is -2.37. The molecule has 140 valence electrons. The van der Waals surface area contributed by atoms with Crippen LogP contribution in [0.15, 0.2) is 30.3 Å². The van der Waals surface area contributed by atoms with Gasteiger partial charge in [-0.1, -0.05) is 49.6 Å². The minimum Gasteiger partial charge on any atom is -0.480 e. The smallest absolute Gasteiger partial charge is 0.328 e. The van der Waals surface area contributed by atoms with Crippen LogP contribution in [0.4, 0.5) is 4.79 Å². The number of urea groups is 1. The van der Waals surface area contributed by atoms with Gasteiger partial charge < -0.3 is 5.11 Å². The van der Waals surface area contributed by atoms with Gasteiger partial charge in [-0.05, 0) is 24.8 Å². The van der Waals surface area contributed by atoms with Crippen molar-refractivity contribution in [2.75, 3.05) is 12.3 Å². The molecular formula is C19H24N2O4S. The van der Waals surface area contributed by atoms with Gasteiger partial charge in [0.1, 0.15) is 12.1 Å². The van der Waals surface area contributed by atoms with E-state index in [0.717, 1.165) is 24.8 Å². The van der Waals surface area contributed by atoms with Crippen LogP contribution in [-0.4, -0.2) is 56.7 Å². The van der Waals surface area contributed by atoms with Crippen LogP contribution in [0.1, 0.15) is 37.7 Å². The maximum Gasteiger partial charge on any atom is 0.328 e. The average Bonchev–Trinajstić information content (AvgIpc) is 2.83. The first-order valence-corrected chi connectivity index (χ1v) is 9.64. The van der Waals surface area contributed by atoms with Gasteiger partial charge in [-0.3, -0.25) is 19.4 Å². The van der Waals surface area contributed by atoms with Crippen LogP contribution in [0.25, 0.3) is 0 Å². The van der Waals surface area contributed by atoms with Gasteiger partial charge in [-0.2, -0.15) is 12.6 Å². The molecule has 0 aromatic heterocycles. The Bertz CT molecular complexity index is 688. The zero-order valence-corrected chi connectivity index (χ0v) is 15.5. The van der Waals surface area contributed by atoms with E-state index in [1.54, 1.807) is 0 Å². The number of carbonyl (C=O) groups is 3. The first-order chi connectivity index (χ1) is 12.5. The highest BCUT2D eigenvalue weighted by molar-refractivity contribution is 7.80. The topological polar surface area (TPSA) is 77.9 Å². The molecule has 1 spiro atoms. The average molecular weight is 376 g/mol. The number of thiol groups is 1. The van der Waals surface area contributed by atoms with E-state index in [1.165, 1.54) is 9.80 Å². The van der Waals surface area contributed by atoms with E-state index in [4.69, 9.17) is 0 Å². The first kappa shape index (κ1) is 18.8. The third-order valence-corrected chi connectivity index (χ3v) is 5.86. The number of rotatable bonds is 6. The first-order valence-electron chi connectivity index (χ1n) is 9.01. The monoisotopic (exact) mass is 376 g/mol. The molecule has 7 heteroatoms. The van der Waals surface area contributed by atoms with Crippen LogP contribution in [0.3, 0.4) is 0 Å². The summed E-state index contributed by atoms with van der Waals surface area (Å²) in [6.07, 6.45) is 4.24. The second kappa shape index (κ2) is 7.70. The van der Waals surface area contributed by atoms with E-state index in [-0.39, 0.29) is 5.91 Å². The van der Waals surface area contributed by atoms with E-state index in [1.807, 2.05) is 30.3 Å². The molecule has 1 unspecified atom stereocenters. The molecule has 26 heavy (non-hydrogen) atoms. The standard InChI is InChI=1S/C19H24N2O4S/c22-16(23)12-20-18(25)21(17(24)19(20)9-5-2-6-10-19)15(13-26)11-14-7-3-1-4-8-14/h1,3-4,7-8,15,26H,2,5-6,9-13H2,(H,22,23). The van der Waals surface area contributed by atoms with Gasteiger partial charge in [-0.15, -0.1) is 0 Å². The number of carboxylic acids is 1. The summed E-state index contributed by atoms with van der Waals surface area (Å²) in [5, 5.41) is 9.27. The van der Waals surface area contributed by atoms with Gasteiger partial charge in [0.05, 0.1) is 6.04 Å². The number of imide groups is 1. The zero-order chi connectivity index (χ0) is 18.7. The molecule has 6 nitrogen and oxygen atoms in total. The predicted octanol–water partition coefficient (Wildman–Crippen LogP) is 2.58. The Labute approximate surface area is 158 Å². The summed E-state index contributed by atoms with van der Waals surface area (Å²) in [6, 6.07) is 8.76. The summed E-state index contributed by atoms with van der Waals surface area (Å²) in [5.74, 6) is -1.01. The Kier molecular flexibility index (Phi) is 5.55. The fourth-order valence-electron chi connectivity index (χ4n) is 4.16. The minimum atomic E-state index is -1.09. The molecule has 1 aromatic rings. The molecule has 2 fully saturated rings. The van der Waals surface area contributed by atoms with Gasteiger partial charge >= 0.3 is 12.0 Å². The molecule has 1 N–H and O–H groups in total. The summed E-state index contributed by atoms with van der Waals surface area (Å²) in [6.45, 7) is -0.439. The number of nitrogens with zero attached hydrogens (tertiary/aromatic N) is 2. The van der Waals surface area contributed by atoms with E-state index in [0.29, 0.717) is 25.0 Å². The maximum absolute atomic E-state index is 13.3. The molecular weight excluding hydrogens is 352 g/mol. The Balaban J connectivity index is 1.91. The molecule has 1 aliphatic heterocycles. The van der Waals surface area contributed by atoms with Crippen molar-refractivity contribution in [3.05, 3.63) is 35.9 Å². The molecule has 1 saturated heterocycles. The second-order valence-corrected chi connectivity index (χ2v) is 7.42. The second-order valence-electron chi connectivity index (χ2n) is 7.06. The van der Waals surface area contributed by atoms with E-state index < -0.39 is 30.1 Å². The van der Waals surface area contributed by atoms with Crippen LogP contribution in [0.5, 0.6) is 0 Å². The summed E-state index contributed by atoms with van der Waals surface area (Å²) < 4.78 is 0. The van der Waals surface area contributed by atoms with Gasteiger partial charge in [0.2, 0.25) is 0 Å². The lowest BCUT2D eigenvalue weighted by atomic mass is 9.80. The summed E-state index contributed by atoms with van der Waals surface area (Å²) in [5.41, 5.74) is 0.0209. The van der Waals surface area contributed by atoms with Crippen molar-refractivity contribution >= 4 is 30.5 Å². The fourth-order valence-corrected chi connectivity index (χ4v) is 4.45. The van der Waals surface area contributed by atoms with Crippen LogP contribution >= 0.6 is 12.6 Å². The van der Waals surface area contributed by atoms with Gasteiger partial charge in [-0.25, -0.2) is 4.79 Å². The molecule has 0 bridgehead atoms. The van der Waals surface area contributed by atoms with Crippen molar-refractivity contribution in [2.24, 2.45) is 0 Å². The highest BCUT2D eigenvalue weighted by Gasteiger charge is 2.58. The van der Waals surface area contributed by atoms with Gasteiger partial charge in [0.15, 0.2) is 0 Å². The fraction of sp³-hybridized carbons (Fsp3) is 0.526. The number of benzene rings is 1. The zero-order valence-electron chi connectivity index (χ0n) is 14.6. The van der Waals surface area contributed by atoms with E-state index >= 15 is 0 Å². The number of carbonyl (C=O) groups excluding carboxylic acids is 2. The van der Waals surface area contributed by atoms with Crippen LogP contribution in [-0.2, 0) is 16.0 Å². The lowest BCUT2D eigenvalue weighted by Crippen LogP contribution is -2.52. The van der Waals surface area contributed by atoms with Crippen molar-refractivity contribution in [3.63, 3.8) is 0 Å². The molecule has 1 aliphatic carbocycles. The van der Waals surface area contributed by atoms with Crippen LogP contribution in [0, 0.1) is 0 Å². The van der Waals surface area contributed by atoms with E-state index in [2.05, 4.69) is 12.6 Å². The molecule has 1 atom stereocenters. The number of hydrogen-bond donors (Lipinski definition) is 2. The van der Waals surface area contributed by atoms with Crippen molar-refractivity contribution in [1.29, 1.82) is 0 Å². The number of amides is 3. The number of aliphatic carboxylic acids is 1. The Morgan fingerprint density at radius 1 is 1.15 bits per heavy atom. The lowest BCUT2D eigenvalue weighted by molar-refractivity contribution is -0.141. The Hall–Kier alpha value is -2.02. The molecule has 0 radical (unpaired) electrons. The maximum atomic E-state index is 13.3. The molecule has 2 aliphatic rings. The highest BCUT2D eigenvalue weighted by Crippen LogP contribution is 2.41. The largest absolute Gasteiger partial charge is 0.480 e.